The van der Waals surface area contributed by atoms with Crippen LogP contribution in [0.1, 0.15) is 41.4 Å². The Kier molecular flexibility index (Phi) is 8.07. The molecule has 194 valence electrons. The predicted molar refractivity (Wildman–Crippen MR) is 110 cm³/mol. The lowest BCUT2D eigenvalue weighted by molar-refractivity contribution is -0.141. The van der Waals surface area contributed by atoms with Gasteiger partial charge in [0, 0.05) is 7.05 Å². The fraction of sp³-hybridized carbons (Fsp3) is 0.500. The van der Waals surface area contributed by atoms with Crippen LogP contribution in [0.4, 0.5) is 23.9 Å². The molecule has 3 aromatic heterocycles. The quantitative estimate of drug-likeness (QED) is 0.294. The summed E-state index contributed by atoms with van der Waals surface area (Å²) >= 11 is 0. The van der Waals surface area contributed by atoms with Crippen molar-refractivity contribution in [2.24, 2.45) is 14.1 Å². The first kappa shape index (κ1) is 26.4. The molecule has 1 unspecified atom stereocenters. The molecule has 0 aliphatic heterocycles. The van der Waals surface area contributed by atoms with E-state index in [-0.39, 0.29) is 36.2 Å². The molecular formula is C18H21F3N10O5. The minimum atomic E-state index is -4.78. The number of pyridine rings is 1. The zero-order valence-electron chi connectivity index (χ0n) is 19.5. The molecule has 3 rings (SSSR count). The van der Waals surface area contributed by atoms with Crippen LogP contribution in [0.15, 0.2) is 12.1 Å². The molecule has 0 aliphatic rings. The summed E-state index contributed by atoms with van der Waals surface area (Å²) in [4.78, 5) is 31.1. The fourth-order valence-electron chi connectivity index (χ4n) is 2.91. The van der Waals surface area contributed by atoms with Crippen LogP contribution in [-0.4, -0.2) is 70.3 Å². The second-order valence-electron chi connectivity index (χ2n) is 7.05. The first-order chi connectivity index (χ1) is 17.0. The van der Waals surface area contributed by atoms with Gasteiger partial charge < -0.3 is 14.2 Å². The molecule has 0 saturated heterocycles. The van der Waals surface area contributed by atoms with Crippen LogP contribution in [0.3, 0.4) is 0 Å². The molecule has 3 heterocycles. The smallest absolute Gasteiger partial charge is 0.435 e. The van der Waals surface area contributed by atoms with Gasteiger partial charge in [0.15, 0.2) is 12.1 Å². The van der Waals surface area contributed by atoms with Crippen molar-refractivity contribution in [1.82, 2.24) is 45.4 Å². The van der Waals surface area contributed by atoms with Gasteiger partial charge in [0.2, 0.25) is 0 Å². The largest absolute Gasteiger partial charge is 0.510 e. The summed E-state index contributed by atoms with van der Waals surface area (Å²) in [6.45, 7) is 2.17. The molecule has 0 spiro atoms. The van der Waals surface area contributed by atoms with E-state index in [1.807, 2.05) is 0 Å². The summed E-state index contributed by atoms with van der Waals surface area (Å²) in [6, 6.07) is 1.58. The van der Waals surface area contributed by atoms with Crippen molar-refractivity contribution in [1.29, 1.82) is 0 Å². The number of aromatic nitrogens is 9. The molecule has 36 heavy (non-hydrogen) atoms. The molecule has 0 aromatic carbocycles. The maximum atomic E-state index is 13.6. The summed E-state index contributed by atoms with van der Waals surface area (Å²) in [6.07, 6.45) is -7.18. The number of hydrogen-bond acceptors (Lipinski definition) is 12. The zero-order valence-corrected chi connectivity index (χ0v) is 19.5. The number of ether oxygens (including phenoxy) is 3. The second-order valence-corrected chi connectivity index (χ2v) is 7.05. The lowest BCUT2D eigenvalue weighted by atomic mass is 10.1. The average Bonchev–Trinajstić information content (AvgIpc) is 3.41. The number of carbonyl (C=O) groups is 2. The van der Waals surface area contributed by atoms with Crippen molar-refractivity contribution in [3.8, 4) is 0 Å². The topological polar surface area (TPSA) is 165 Å². The molecule has 0 N–H and O–H groups in total. The highest BCUT2D eigenvalue weighted by molar-refractivity contribution is 6.06. The van der Waals surface area contributed by atoms with Crippen molar-refractivity contribution in [3.05, 3.63) is 34.9 Å². The van der Waals surface area contributed by atoms with Gasteiger partial charge in [-0.2, -0.15) is 18.0 Å². The third-order valence-corrected chi connectivity index (χ3v) is 4.44. The summed E-state index contributed by atoms with van der Waals surface area (Å²) in [5.74, 6) is -0.907. The van der Waals surface area contributed by atoms with Gasteiger partial charge in [-0.15, -0.1) is 10.2 Å². The number of tetrazole rings is 2. The van der Waals surface area contributed by atoms with Gasteiger partial charge in [-0.25, -0.2) is 19.4 Å². The van der Waals surface area contributed by atoms with Gasteiger partial charge >= 0.3 is 12.3 Å². The molecule has 1 amide bonds. The van der Waals surface area contributed by atoms with E-state index in [0.717, 1.165) is 15.6 Å². The predicted octanol–water partition coefficient (Wildman–Crippen LogP) is 1.03. The zero-order chi connectivity index (χ0) is 26.5. The van der Waals surface area contributed by atoms with Gasteiger partial charge in [-0.3, -0.25) is 4.79 Å². The Morgan fingerprint density at radius 3 is 2.47 bits per heavy atom. The SMILES string of the molecule is CCOC(=O)OC(C)N(C(=O)c1ccc(C(F)(F)F)nc1COCc1nnn(C)n1)c1nnnn1C. The molecular weight excluding hydrogens is 493 g/mol. The van der Waals surface area contributed by atoms with Crippen molar-refractivity contribution in [3.63, 3.8) is 0 Å². The minimum Gasteiger partial charge on any atom is -0.435 e. The number of anilines is 1. The van der Waals surface area contributed by atoms with Crippen LogP contribution >= 0.6 is 0 Å². The highest BCUT2D eigenvalue weighted by Crippen LogP contribution is 2.29. The van der Waals surface area contributed by atoms with Crippen LogP contribution in [0.5, 0.6) is 0 Å². The number of carbonyl (C=O) groups excluding carboxylic acids is 2. The summed E-state index contributed by atoms with van der Waals surface area (Å²) in [5.41, 5.74) is -1.86. The molecule has 15 nitrogen and oxygen atoms in total. The van der Waals surface area contributed by atoms with E-state index in [1.165, 1.54) is 25.8 Å². The van der Waals surface area contributed by atoms with Crippen LogP contribution in [0.2, 0.25) is 0 Å². The van der Waals surface area contributed by atoms with Crippen molar-refractivity contribution < 1.29 is 37.0 Å². The van der Waals surface area contributed by atoms with E-state index < -0.39 is 36.8 Å². The first-order valence-electron chi connectivity index (χ1n) is 10.3. The second kappa shape index (κ2) is 11.0. The fourth-order valence-corrected chi connectivity index (χ4v) is 2.91. The van der Waals surface area contributed by atoms with Gasteiger partial charge in [0.05, 0.1) is 31.5 Å². The molecule has 0 bridgehead atoms. The lowest BCUT2D eigenvalue weighted by Crippen LogP contribution is -2.43. The summed E-state index contributed by atoms with van der Waals surface area (Å²) < 4.78 is 56.4. The van der Waals surface area contributed by atoms with Crippen LogP contribution in [0, 0.1) is 0 Å². The number of hydrogen-bond donors (Lipinski definition) is 0. The van der Waals surface area contributed by atoms with Gasteiger partial charge in [-0.1, -0.05) is 5.10 Å². The Morgan fingerprint density at radius 1 is 1.14 bits per heavy atom. The van der Waals surface area contributed by atoms with E-state index >= 15 is 0 Å². The molecule has 0 radical (unpaired) electrons. The van der Waals surface area contributed by atoms with Crippen molar-refractivity contribution in [2.75, 3.05) is 11.5 Å². The molecule has 1 atom stereocenters. The van der Waals surface area contributed by atoms with Gasteiger partial charge in [0.25, 0.3) is 11.9 Å². The Bertz CT molecular complexity index is 1210. The first-order valence-corrected chi connectivity index (χ1v) is 10.3. The van der Waals surface area contributed by atoms with Crippen molar-refractivity contribution >= 4 is 18.0 Å². The number of amides is 1. The van der Waals surface area contributed by atoms with E-state index in [0.29, 0.717) is 6.07 Å². The van der Waals surface area contributed by atoms with Gasteiger partial charge in [-0.05, 0) is 41.6 Å². The maximum Gasteiger partial charge on any atom is 0.510 e. The molecule has 0 fully saturated rings. The third-order valence-electron chi connectivity index (χ3n) is 4.44. The number of halogens is 3. The monoisotopic (exact) mass is 514 g/mol. The Labute approximate surface area is 201 Å². The summed E-state index contributed by atoms with van der Waals surface area (Å²) in [5, 5.41) is 22.1. The molecule has 3 aromatic rings. The average molecular weight is 514 g/mol. The molecule has 18 heteroatoms. The number of rotatable bonds is 9. The van der Waals surface area contributed by atoms with Crippen LogP contribution in [-0.2, 0) is 47.7 Å². The van der Waals surface area contributed by atoms with E-state index in [1.54, 1.807) is 6.92 Å². The Balaban J connectivity index is 1.96. The van der Waals surface area contributed by atoms with Crippen LogP contribution in [0.25, 0.3) is 0 Å². The van der Waals surface area contributed by atoms with Crippen LogP contribution < -0.4 is 4.90 Å². The highest BCUT2D eigenvalue weighted by atomic mass is 19.4. The lowest BCUT2D eigenvalue weighted by Gasteiger charge is -2.27. The van der Waals surface area contributed by atoms with Gasteiger partial charge in [0.1, 0.15) is 12.3 Å². The van der Waals surface area contributed by atoms with E-state index in [2.05, 4.69) is 35.9 Å². The van der Waals surface area contributed by atoms with E-state index in [9.17, 15) is 22.8 Å². The number of nitrogens with zero attached hydrogens (tertiary/aromatic N) is 10. The highest BCUT2D eigenvalue weighted by Gasteiger charge is 2.36. The third kappa shape index (κ3) is 6.26. The number of aryl methyl sites for hydroxylation is 2. The Hall–Kier alpha value is -4.22. The molecule has 0 saturated carbocycles. The normalized spacial score (nSPS) is 12.3. The maximum absolute atomic E-state index is 13.6. The standard InChI is InChI=1S/C18H21F3N10O5/c1-5-35-17(33)36-10(2)31(16-24-26-28-29(16)3)15(32)11-6-7-13(18(19,20)21)22-12(11)8-34-9-14-23-27-30(4)25-14/h6-7,10H,5,8-9H2,1-4H3. The van der Waals surface area contributed by atoms with Crippen molar-refractivity contribution in [2.45, 2.75) is 39.5 Å². The Morgan fingerprint density at radius 2 is 1.89 bits per heavy atom. The van der Waals surface area contributed by atoms with E-state index in [4.69, 9.17) is 14.2 Å². The minimum absolute atomic E-state index is 0.00990. The molecule has 0 aliphatic carbocycles. The number of alkyl halides is 3. The summed E-state index contributed by atoms with van der Waals surface area (Å²) in [7, 11) is 2.94.